The molecule has 1 aliphatic rings. The zero-order valence-electron chi connectivity index (χ0n) is 26.8. The molecule has 0 bridgehead atoms. The molecule has 234 valence electrons. The Morgan fingerprint density at radius 3 is 2.24 bits per heavy atom. The van der Waals surface area contributed by atoms with Gasteiger partial charge in [0.05, 0.1) is 13.2 Å². The van der Waals surface area contributed by atoms with Crippen molar-refractivity contribution in [2.75, 3.05) is 37.7 Å². The van der Waals surface area contributed by atoms with Crippen LogP contribution in [-0.4, -0.2) is 54.5 Å². The van der Waals surface area contributed by atoms with Gasteiger partial charge in [0.2, 0.25) is 0 Å². The molecule has 2 heterocycles. The van der Waals surface area contributed by atoms with E-state index in [1.165, 1.54) is 5.56 Å². The van der Waals surface area contributed by atoms with Crippen LogP contribution in [0.4, 0.5) is 5.69 Å². The first-order valence-electron chi connectivity index (χ1n) is 15.5. The van der Waals surface area contributed by atoms with Crippen LogP contribution in [0.1, 0.15) is 61.2 Å². The van der Waals surface area contributed by atoms with Crippen molar-refractivity contribution in [2.45, 2.75) is 47.7 Å². The average Bonchev–Trinajstić information content (AvgIpc) is 3.02. The molecule has 1 saturated heterocycles. The van der Waals surface area contributed by atoms with Crippen LogP contribution in [0.2, 0.25) is 0 Å². The standard InChI is InChI=1S/C37H42N4O4/c1-6-41(37(44)30-11-7-24(2)8-12-30)34-21-31(29-13-9-28(10-14-29)23-40-15-17-45-18-16-40)20-32(27(34)5)35(42)38-22-33-25(3)19-26(4)39-36(33)43/h7-14,19-21H,6,15-18,22-23H2,1-5H3,(H,38,42)(H,39,43). The van der Waals surface area contributed by atoms with E-state index in [1.807, 2.05) is 77.1 Å². The van der Waals surface area contributed by atoms with Gasteiger partial charge in [-0.25, -0.2) is 0 Å². The zero-order chi connectivity index (χ0) is 32.1. The van der Waals surface area contributed by atoms with E-state index in [2.05, 4.69) is 39.5 Å². The second kappa shape index (κ2) is 14.1. The predicted molar refractivity (Wildman–Crippen MR) is 179 cm³/mol. The lowest BCUT2D eigenvalue weighted by atomic mass is 9.95. The fraction of sp³-hybridized carbons (Fsp3) is 0.324. The van der Waals surface area contributed by atoms with Gasteiger partial charge in [0, 0.05) is 60.8 Å². The van der Waals surface area contributed by atoms with Crippen LogP contribution in [0.25, 0.3) is 11.1 Å². The zero-order valence-corrected chi connectivity index (χ0v) is 26.8. The highest BCUT2D eigenvalue weighted by atomic mass is 16.5. The van der Waals surface area contributed by atoms with E-state index in [4.69, 9.17) is 4.74 Å². The lowest BCUT2D eigenvalue weighted by Gasteiger charge is -2.27. The molecule has 8 nitrogen and oxygen atoms in total. The SMILES string of the molecule is CCN(C(=O)c1ccc(C)cc1)c1cc(-c2ccc(CN3CCOCC3)cc2)cc(C(=O)NCc2c(C)cc(C)[nH]c2=O)c1C. The highest BCUT2D eigenvalue weighted by Crippen LogP contribution is 2.32. The number of ether oxygens (including phenoxy) is 1. The fourth-order valence-corrected chi connectivity index (χ4v) is 5.84. The molecular weight excluding hydrogens is 564 g/mol. The molecule has 0 radical (unpaired) electrons. The number of rotatable bonds is 9. The maximum atomic E-state index is 13.8. The number of H-pyrrole nitrogens is 1. The van der Waals surface area contributed by atoms with Crippen molar-refractivity contribution in [1.82, 2.24) is 15.2 Å². The summed E-state index contributed by atoms with van der Waals surface area (Å²) >= 11 is 0. The number of morpholine rings is 1. The first kappa shape index (κ1) is 31.9. The van der Waals surface area contributed by atoms with Gasteiger partial charge in [0.1, 0.15) is 0 Å². The van der Waals surface area contributed by atoms with Gasteiger partial charge in [-0.2, -0.15) is 0 Å². The Kier molecular flexibility index (Phi) is 9.96. The number of carbonyl (C=O) groups is 2. The van der Waals surface area contributed by atoms with E-state index in [9.17, 15) is 14.4 Å². The van der Waals surface area contributed by atoms with E-state index in [-0.39, 0.29) is 23.9 Å². The monoisotopic (exact) mass is 606 g/mol. The van der Waals surface area contributed by atoms with Crippen molar-refractivity contribution in [1.29, 1.82) is 0 Å². The molecule has 1 fully saturated rings. The Labute approximate surface area is 265 Å². The van der Waals surface area contributed by atoms with Crippen LogP contribution in [0.5, 0.6) is 0 Å². The van der Waals surface area contributed by atoms with Gasteiger partial charge in [0.15, 0.2) is 0 Å². The first-order valence-corrected chi connectivity index (χ1v) is 15.5. The number of anilines is 1. The first-order chi connectivity index (χ1) is 21.6. The molecule has 2 amide bonds. The number of pyridine rings is 1. The summed E-state index contributed by atoms with van der Waals surface area (Å²) in [4.78, 5) is 47.1. The number of carbonyl (C=O) groups excluding carboxylic acids is 2. The van der Waals surface area contributed by atoms with Gasteiger partial charge in [0.25, 0.3) is 17.4 Å². The van der Waals surface area contributed by atoms with Gasteiger partial charge in [-0.1, -0.05) is 42.0 Å². The van der Waals surface area contributed by atoms with Crippen LogP contribution < -0.4 is 15.8 Å². The maximum Gasteiger partial charge on any atom is 0.258 e. The van der Waals surface area contributed by atoms with Gasteiger partial charge in [-0.15, -0.1) is 0 Å². The number of aryl methyl sites for hydroxylation is 3. The number of nitrogens with one attached hydrogen (secondary N) is 2. The van der Waals surface area contributed by atoms with Gasteiger partial charge in [-0.3, -0.25) is 19.3 Å². The molecule has 45 heavy (non-hydrogen) atoms. The third-order valence-electron chi connectivity index (χ3n) is 8.49. The Hall–Kier alpha value is -4.53. The average molecular weight is 607 g/mol. The number of nitrogens with zero attached hydrogens (tertiary/aromatic N) is 2. The number of aromatic amines is 1. The smallest absolute Gasteiger partial charge is 0.258 e. The topological polar surface area (TPSA) is 94.7 Å². The number of hydrogen-bond donors (Lipinski definition) is 2. The third-order valence-corrected chi connectivity index (χ3v) is 8.49. The molecule has 0 atom stereocenters. The number of benzene rings is 3. The number of aromatic nitrogens is 1. The summed E-state index contributed by atoms with van der Waals surface area (Å²) in [5.74, 6) is -0.440. The second-order valence-corrected chi connectivity index (χ2v) is 11.8. The summed E-state index contributed by atoms with van der Waals surface area (Å²) in [5.41, 5.74) is 8.36. The van der Waals surface area contributed by atoms with Crippen LogP contribution in [0, 0.1) is 27.7 Å². The van der Waals surface area contributed by atoms with E-state index in [0.29, 0.717) is 34.5 Å². The molecule has 0 saturated carbocycles. The molecule has 0 spiro atoms. The molecule has 2 N–H and O–H groups in total. The molecular formula is C37H42N4O4. The molecule has 3 aromatic carbocycles. The van der Waals surface area contributed by atoms with E-state index in [0.717, 1.165) is 60.8 Å². The highest BCUT2D eigenvalue weighted by Gasteiger charge is 2.23. The third kappa shape index (κ3) is 7.41. The highest BCUT2D eigenvalue weighted by molar-refractivity contribution is 6.08. The number of amides is 2. The molecule has 5 rings (SSSR count). The Balaban J connectivity index is 1.51. The summed E-state index contributed by atoms with van der Waals surface area (Å²) in [6.45, 7) is 14.2. The van der Waals surface area contributed by atoms with Crippen molar-refractivity contribution >= 4 is 17.5 Å². The van der Waals surface area contributed by atoms with Crippen molar-refractivity contribution in [3.05, 3.63) is 122 Å². The van der Waals surface area contributed by atoms with Crippen molar-refractivity contribution < 1.29 is 14.3 Å². The lowest BCUT2D eigenvalue weighted by molar-refractivity contribution is 0.0342. The molecule has 4 aromatic rings. The van der Waals surface area contributed by atoms with Crippen LogP contribution in [-0.2, 0) is 17.8 Å². The summed E-state index contributed by atoms with van der Waals surface area (Å²) < 4.78 is 5.48. The molecule has 1 aliphatic heterocycles. The summed E-state index contributed by atoms with van der Waals surface area (Å²) in [6, 6.07) is 21.7. The largest absolute Gasteiger partial charge is 0.379 e. The second-order valence-electron chi connectivity index (χ2n) is 11.8. The molecule has 8 heteroatoms. The lowest BCUT2D eigenvalue weighted by Crippen LogP contribution is -2.35. The van der Waals surface area contributed by atoms with Gasteiger partial charge >= 0.3 is 0 Å². The summed E-state index contributed by atoms with van der Waals surface area (Å²) in [6.07, 6.45) is 0. The van der Waals surface area contributed by atoms with Crippen LogP contribution in [0.15, 0.2) is 71.5 Å². The maximum absolute atomic E-state index is 13.8. The molecule has 1 aromatic heterocycles. The Bertz CT molecular complexity index is 1740. The molecule has 0 unspecified atom stereocenters. The molecule has 0 aliphatic carbocycles. The van der Waals surface area contributed by atoms with E-state index < -0.39 is 0 Å². The minimum absolute atomic E-state index is 0.0926. The Morgan fingerprint density at radius 2 is 1.60 bits per heavy atom. The predicted octanol–water partition coefficient (Wildman–Crippen LogP) is 5.70. The number of hydrogen-bond acceptors (Lipinski definition) is 5. The van der Waals surface area contributed by atoms with E-state index in [1.54, 1.807) is 4.90 Å². The van der Waals surface area contributed by atoms with Gasteiger partial charge < -0.3 is 19.9 Å². The van der Waals surface area contributed by atoms with Crippen molar-refractivity contribution in [2.24, 2.45) is 0 Å². The van der Waals surface area contributed by atoms with E-state index >= 15 is 0 Å². The Morgan fingerprint density at radius 1 is 0.911 bits per heavy atom. The van der Waals surface area contributed by atoms with Crippen LogP contribution in [0.3, 0.4) is 0 Å². The van der Waals surface area contributed by atoms with Crippen LogP contribution >= 0.6 is 0 Å². The minimum Gasteiger partial charge on any atom is -0.379 e. The van der Waals surface area contributed by atoms with Crippen molar-refractivity contribution in [3.8, 4) is 11.1 Å². The summed E-state index contributed by atoms with van der Waals surface area (Å²) in [5, 5.41) is 2.96. The normalized spacial score (nSPS) is 13.4. The van der Waals surface area contributed by atoms with Crippen molar-refractivity contribution in [3.63, 3.8) is 0 Å². The minimum atomic E-state index is -0.308. The van der Waals surface area contributed by atoms with Gasteiger partial charge in [-0.05, 0) is 92.8 Å². The quantitative estimate of drug-likeness (QED) is 0.255. The fourth-order valence-electron chi connectivity index (χ4n) is 5.84. The summed E-state index contributed by atoms with van der Waals surface area (Å²) in [7, 11) is 0.